The number of hydrogen-bond acceptors (Lipinski definition) is 6. The molecule has 1 atom stereocenters. The number of halogens is 2. The molecule has 0 radical (unpaired) electrons. The van der Waals surface area contributed by atoms with Crippen LogP contribution in [0.5, 0.6) is 17.4 Å². The van der Waals surface area contributed by atoms with Crippen LogP contribution in [0.25, 0.3) is 11.4 Å². The lowest BCUT2D eigenvalue weighted by atomic mass is 10.2. The molecule has 154 valence electrons. The van der Waals surface area contributed by atoms with Crippen LogP contribution in [-0.4, -0.2) is 27.8 Å². The minimum atomic E-state index is -0.768. The average molecular weight is 430 g/mol. The number of benzene rings is 2. The molecule has 9 heteroatoms. The van der Waals surface area contributed by atoms with E-state index in [0.717, 1.165) is 0 Å². The van der Waals surface area contributed by atoms with Gasteiger partial charge in [0, 0.05) is 22.7 Å². The predicted octanol–water partition coefficient (Wildman–Crippen LogP) is 4.18. The molecule has 0 spiro atoms. The van der Waals surface area contributed by atoms with Gasteiger partial charge in [-0.2, -0.15) is 4.98 Å². The third-order valence-electron chi connectivity index (χ3n) is 4.06. The van der Waals surface area contributed by atoms with E-state index < -0.39 is 17.8 Å². The van der Waals surface area contributed by atoms with Gasteiger partial charge in [-0.25, -0.2) is 9.37 Å². The maximum Gasteiger partial charge on any atom is 0.267 e. The zero-order valence-corrected chi connectivity index (χ0v) is 16.8. The zero-order valence-electron chi connectivity index (χ0n) is 16.1. The Morgan fingerprint density at radius 2 is 1.80 bits per heavy atom. The van der Waals surface area contributed by atoms with E-state index in [1.807, 2.05) is 0 Å². The van der Waals surface area contributed by atoms with E-state index in [4.69, 9.17) is 26.8 Å². The van der Waals surface area contributed by atoms with Crippen LogP contribution in [0, 0.1) is 5.82 Å². The minimum Gasteiger partial charge on any atom is -0.467 e. The summed E-state index contributed by atoms with van der Waals surface area (Å²) < 4.78 is 24.8. The third kappa shape index (κ3) is 5.09. The van der Waals surface area contributed by atoms with E-state index in [0.29, 0.717) is 16.3 Å². The molecule has 0 aliphatic rings. The standard InChI is InChI=1S/C21H17ClFN3O4/c1-11(27)12(2)29-19-10-17(20(24)28)25-21(26-19)13-3-6-15(7-4-13)30-18-9-14(22)5-8-16(18)23/h3-10,12H,1-2H3,(H2,24,28)/t12-/m0/s1. The van der Waals surface area contributed by atoms with Crippen molar-refractivity contribution in [3.05, 3.63) is 65.1 Å². The smallest absolute Gasteiger partial charge is 0.267 e. The largest absolute Gasteiger partial charge is 0.467 e. The first kappa shape index (κ1) is 21.2. The Kier molecular flexibility index (Phi) is 6.27. The van der Waals surface area contributed by atoms with Crippen LogP contribution in [0.3, 0.4) is 0 Å². The molecule has 3 rings (SSSR count). The summed E-state index contributed by atoms with van der Waals surface area (Å²) in [5.74, 6) is -0.984. The molecule has 1 amide bonds. The lowest BCUT2D eigenvalue weighted by Gasteiger charge is -2.12. The first-order valence-corrected chi connectivity index (χ1v) is 9.20. The highest BCUT2D eigenvalue weighted by Gasteiger charge is 2.16. The molecule has 0 bridgehead atoms. The molecule has 0 aliphatic heterocycles. The summed E-state index contributed by atoms with van der Waals surface area (Å²) in [5, 5.41) is 0.340. The number of nitrogens with two attached hydrogens (primary N) is 1. The quantitative estimate of drug-likeness (QED) is 0.604. The van der Waals surface area contributed by atoms with E-state index in [2.05, 4.69) is 9.97 Å². The predicted molar refractivity (Wildman–Crippen MR) is 108 cm³/mol. The van der Waals surface area contributed by atoms with Crippen LogP contribution in [0.4, 0.5) is 4.39 Å². The van der Waals surface area contributed by atoms with E-state index in [9.17, 15) is 14.0 Å². The number of ether oxygens (including phenoxy) is 2. The van der Waals surface area contributed by atoms with Crippen molar-refractivity contribution in [1.82, 2.24) is 9.97 Å². The lowest BCUT2D eigenvalue weighted by molar-refractivity contribution is -0.123. The van der Waals surface area contributed by atoms with E-state index in [1.165, 1.54) is 31.2 Å². The molecule has 1 heterocycles. The highest BCUT2D eigenvalue weighted by molar-refractivity contribution is 6.30. The molecule has 3 aromatic rings. The van der Waals surface area contributed by atoms with E-state index >= 15 is 0 Å². The first-order chi connectivity index (χ1) is 14.2. The second-order valence-electron chi connectivity index (χ2n) is 6.35. The zero-order chi connectivity index (χ0) is 21.8. The SMILES string of the molecule is CC(=O)[C@H](C)Oc1cc(C(N)=O)nc(-c2ccc(Oc3cc(Cl)ccc3F)cc2)n1. The van der Waals surface area contributed by atoms with Gasteiger partial charge in [-0.15, -0.1) is 0 Å². The van der Waals surface area contributed by atoms with E-state index in [1.54, 1.807) is 31.2 Å². The van der Waals surface area contributed by atoms with Crippen molar-refractivity contribution in [3.8, 4) is 28.8 Å². The van der Waals surface area contributed by atoms with Gasteiger partial charge in [0.05, 0.1) is 0 Å². The normalized spacial score (nSPS) is 11.6. The van der Waals surface area contributed by atoms with Crippen molar-refractivity contribution in [2.24, 2.45) is 5.73 Å². The summed E-state index contributed by atoms with van der Waals surface area (Å²) in [4.78, 5) is 31.4. The summed E-state index contributed by atoms with van der Waals surface area (Å²) in [6, 6.07) is 11.7. The van der Waals surface area contributed by atoms with Crippen LogP contribution >= 0.6 is 11.6 Å². The number of carbonyl (C=O) groups excluding carboxylic acids is 2. The number of carbonyl (C=O) groups is 2. The number of rotatable bonds is 7. The Morgan fingerprint density at radius 3 is 2.43 bits per heavy atom. The number of primary amides is 1. The van der Waals surface area contributed by atoms with Gasteiger partial charge in [-0.3, -0.25) is 9.59 Å². The van der Waals surface area contributed by atoms with Gasteiger partial charge in [0.25, 0.3) is 5.91 Å². The lowest BCUT2D eigenvalue weighted by Crippen LogP contribution is -2.22. The van der Waals surface area contributed by atoms with Crippen molar-refractivity contribution < 1.29 is 23.5 Å². The van der Waals surface area contributed by atoms with Gasteiger partial charge in [0.2, 0.25) is 5.88 Å². The summed E-state index contributed by atoms with van der Waals surface area (Å²) in [6.45, 7) is 2.94. The molecular weight excluding hydrogens is 413 g/mol. The monoisotopic (exact) mass is 429 g/mol. The van der Waals surface area contributed by atoms with Crippen LogP contribution in [-0.2, 0) is 4.79 Å². The number of aromatic nitrogens is 2. The molecule has 0 saturated heterocycles. The molecule has 30 heavy (non-hydrogen) atoms. The summed E-state index contributed by atoms with van der Waals surface area (Å²) >= 11 is 5.87. The van der Waals surface area contributed by atoms with Crippen molar-refractivity contribution in [2.75, 3.05) is 0 Å². The Hall–Kier alpha value is -3.52. The van der Waals surface area contributed by atoms with Gasteiger partial charge in [-0.05, 0) is 50.2 Å². The Morgan fingerprint density at radius 1 is 1.10 bits per heavy atom. The molecule has 1 aromatic heterocycles. The van der Waals surface area contributed by atoms with Crippen LogP contribution in [0.2, 0.25) is 5.02 Å². The topological polar surface area (TPSA) is 104 Å². The van der Waals surface area contributed by atoms with Crippen molar-refractivity contribution in [1.29, 1.82) is 0 Å². The third-order valence-corrected chi connectivity index (χ3v) is 4.29. The van der Waals surface area contributed by atoms with Crippen molar-refractivity contribution in [2.45, 2.75) is 20.0 Å². The van der Waals surface area contributed by atoms with Gasteiger partial charge in [0.1, 0.15) is 11.4 Å². The number of Topliss-reactive ketones (excluding diaryl/α,β-unsaturated/α-hetero) is 1. The molecule has 2 N–H and O–H groups in total. The van der Waals surface area contributed by atoms with Crippen LogP contribution in [0.1, 0.15) is 24.3 Å². The number of amides is 1. The number of ketones is 1. The highest BCUT2D eigenvalue weighted by Crippen LogP contribution is 2.29. The molecule has 2 aromatic carbocycles. The molecular formula is C21H17ClFN3O4. The van der Waals surface area contributed by atoms with Gasteiger partial charge in [-0.1, -0.05) is 11.6 Å². The fourth-order valence-corrected chi connectivity index (χ4v) is 2.52. The van der Waals surface area contributed by atoms with Crippen LogP contribution < -0.4 is 15.2 Å². The van der Waals surface area contributed by atoms with Gasteiger partial charge < -0.3 is 15.2 Å². The molecule has 0 unspecified atom stereocenters. The van der Waals surface area contributed by atoms with Crippen molar-refractivity contribution in [3.63, 3.8) is 0 Å². The molecule has 0 saturated carbocycles. The second-order valence-corrected chi connectivity index (χ2v) is 6.79. The number of nitrogens with zero attached hydrogens (tertiary/aromatic N) is 2. The number of hydrogen-bond donors (Lipinski definition) is 1. The summed E-state index contributed by atoms with van der Waals surface area (Å²) in [5.41, 5.74) is 5.80. The second kappa shape index (κ2) is 8.87. The Labute approximate surface area is 176 Å². The molecule has 7 nitrogen and oxygen atoms in total. The summed E-state index contributed by atoms with van der Waals surface area (Å²) in [7, 11) is 0. The molecule has 0 fully saturated rings. The maximum atomic E-state index is 13.8. The van der Waals surface area contributed by atoms with Gasteiger partial charge >= 0.3 is 0 Å². The van der Waals surface area contributed by atoms with Crippen LogP contribution in [0.15, 0.2) is 48.5 Å². The van der Waals surface area contributed by atoms with Gasteiger partial charge in [0.15, 0.2) is 29.3 Å². The highest BCUT2D eigenvalue weighted by atomic mass is 35.5. The Balaban J connectivity index is 1.89. The average Bonchev–Trinajstić information content (AvgIpc) is 2.71. The van der Waals surface area contributed by atoms with Crippen molar-refractivity contribution >= 4 is 23.3 Å². The minimum absolute atomic E-state index is 0.0175. The molecule has 0 aliphatic carbocycles. The fourth-order valence-electron chi connectivity index (χ4n) is 2.36. The summed E-state index contributed by atoms with van der Waals surface area (Å²) in [6.07, 6.45) is -0.753. The first-order valence-electron chi connectivity index (χ1n) is 8.82. The Bertz CT molecular complexity index is 1110. The maximum absolute atomic E-state index is 13.8. The van der Waals surface area contributed by atoms with E-state index in [-0.39, 0.29) is 28.9 Å². The fraction of sp³-hybridized carbons (Fsp3) is 0.143.